The lowest BCUT2D eigenvalue weighted by Gasteiger charge is -2.28. The molecule has 1 aromatic heterocycles. The van der Waals surface area contributed by atoms with E-state index >= 15 is 0 Å². The summed E-state index contributed by atoms with van der Waals surface area (Å²) in [4.78, 5) is 12.6. The van der Waals surface area contributed by atoms with Crippen LogP contribution in [0.3, 0.4) is 0 Å². The van der Waals surface area contributed by atoms with E-state index in [-0.39, 0.29) is 11.9 Å². The number of aliphatic hydroxyl groups is 1. The maximum atomic E-state index is 12.6. The second-order valence-electron chi connectivity index (χ2n) is 7.44. The molecule has 2 N–H and O–H groups in total. The van der Waals surface area contributed by atoms with Gasteiger partial charge < -0.3 is 10.4 Å². The molecule has 2 unspecified atom stereocenters. The lowest BCUT2D eigenvalue weighted by atomic mass is 9.92. The third-order valence-corrected chi connectivity index (χ3v) is 5.38. The first kappa shape index (κ1) is 18.4. The predicted octanol–water partition coefficient (Wildman–Crippen LogP) is 3.79. The summed E-state index contributed by atoms with van der Waals surface area (Å²) in [7, 11) is 1.91. The van der Waals surface area contributed by atoms with Crippen molar-refractivity contribution in [2.45, 2.75) is 37.8 Å². The number of aromatic nitrogens is 2. The number of carbonyl (C=O) groups is 1. The summed E-state index contributed by atoms with van der Waals surface area (Å²) in [5, 5.41) is 17.7. The van der Waals surface area contributed by atoms with Crippen molar-refractivity contribution in [2.24, 2.45) is 7.05 Å². The Balaban J connectivity index is 1.55. The first-order valence-electron chi connectivity index (χ1n) is 9.80. The van der Waals surface area contributed by atoms with Crippen molar-refractivity contribution in [1.82, 2.24) is 15.1 Å². The molecule has 2 atom stereocenters. The van der Waals surface area contributed by atoms with Gasteiger partial charge in [0.2, 0.25) is 0 Å². The van der Waals surface area contributed by atoms with Crippen LogP contribution in [-0.4, -0.2) is 32.9 Å². The average molecular weight is 375 g/mol. The van der Waals surface area contributed by atoms with Crippen LogP contribution >= 0.6 is 0 Å². The van der Waals surface area contributed by atoms with Gasteiger partial charge in [-0.05, 0) is 30.5 Å². The highest BCUT2D eigenvalue weighted by molar-refractivity contribution is 5.95. The summed E-state index contributed by atoms with van der Waals surface area (Å²) in [6, 6.07) is 17.5. The van der Waals surface area contributed by atoms with Gasteiger partial charge in [-0.2, -0.15) is 5.10 Å². The third-order valence-electron chi connectivity index (χ3n) is 5.38. The van der Waals surface area contributed by atoms with Gasteiger partial charge in [-0.1, -0.05) is 55.3 Å². The topological polar surface area (TPSA) is 67.2 Å². The van der Waals surface area contributed by atoms with Gasteiger partial charge in [0.15, 0.2) is 0 Å². The molecule has 0 radical (unpaired) electrons. The van der Waals surface area contributed by atoms with E-state index in [1.54, 1.807) is 0 Å². The van der Waals surface area contributed by atoms with Gasteiger partial charge >= 0.3 is 0 Å². The molecule has 1 fully saturated rings. The highest BCUT2D eigenvalue weighted by Gasteiger charge is 2.24. The number of aliphatic hydroxyl groups excluding tert-OH is 1. The van der Waals surface area contributed by atoms with Crippen LogP contribution < -0.4 is 5.32 Å². The Bertz CT molecular complexity index is 948. The number of benzene rings is 2. The molecule has 3 aromatic rings. The van der Waals surface area contributed by atoms with E-state index in [2.05, 4.69) is 10.4 Å². The summed E-state index contributed by atoms with van der Waals surface area (Å²) in [5.74, 6) is -0.132. The van der Waals surface area contributed by atoms with Gasteiger partial charge in [0.05, 0.1) is 12.1 Å². The average Bonchev–Trinajstić information content (AvgIpc) is 3.12. The van der Waals surface area contributed by atoms with Crippen molar-refractivity contribution in [3.63, 3.8) is 0 Å². The second kappa shape index (κ2) is 7.98. The highest BCUT2D eigenvalue weighted by Crippen LogP contribution is 2.31. The number of aryl methyl sites for hydroxylation is 1. The number of rotatable bonds is 4. The fourth-order valence-corrected chi connectivity index (χ4v) is 3.84. The fourth-order valence-electron chi connectivity index (χ4n) is 3.84. The summed E-state index contributed by atoms with van der Waals surface area (Å²) in [6.45, 7) is 0. The van der Waals surface area contributed by atoms with Gasteiger partial charge in [-0.3, -0.25) is 9.48 Å². The smallest absolute Gasteiger partial charge is 0.251 e. The third kappa shape index (κ3) is 3.85. The van der Waals surface area contributed by atoms with Gasteiger partial charge in [-0.25, -0.2) is 0 Å². The van der Waals surface area contributed by atoms with Crippen LogP contribution in [0.15, 0.2) is 60.8 Å². The van der Waals surface area contributed by atoms with E-state index in [9.17, 15) is 9.90 Å². The molecular formula is C23H25N3O2. The minimum Gasteiger partial charge on any atom is -0.391 e. The first-order chi connectivity index (χ1) is 13.6. The molecule has 0 bridgehead atoms. The van der Waals surface area contributed by atoms with Crippen molar-refractivity contribution in [3.8, 4) is 22.4 Å². The van der Waals surface area contributed by atoms with Crippen molar-refractivity contribution >= 4 is 5.91 Å². The summed E-state index contributed by atoms with van der Waals surface area (Å²) in [6.07, 6.45) is 5.21. The molecule has 0 aliphatic heterocycles. The summed E-state index contributed by atoms with van der Waals surface area (Å²) >= 11 is 0. The Morgan fingerprint density at radius 1 is 1.04 bits per heavy atom. The zero-order valence-corrected chi connectivity index (χ0v) is 16.0. The van der Waals surface area contributed by atoms with Crippen LogP contribution in [0.1, 0.15) is 36.0 Å². The van der Waals surface area contributed by atoms with Crippen molar-refractivity contribution in [3.05, 3.63) is 66.4 Å². The lowest BCUT2D eigenvalue weighted by Crippen LogP contribution is -2.45. The SMILES string of the molecule is Cn1cc(-c2ccc(C(=O)NC3CCCCC3O)cc2)c(-c2ccccc2)n1. The van der Waals surface area contributed by atoms with E-state index < -0.39 is 6.10 Å². The van der Waals surface area contributed by atoms with Crippen LogP contribution in [0, 0.1) is 0 Å². The Morgan fingerprint density at radius 2 is 1.75 bits per heavy atom. The van der Waals surface area contributed by atoms with Crippen LogP contribution in [0.5, 0.6) is 0 Å². The highest BCUT2D eigenvalue weighted by atomic mass is 16.3. The molecule has 2 aromatic carbocycles. The van der Waals surface area contributed by atoms with E-state index in [4.69, 9.17) is 0 Å². The normalized spacial score (nSPS) is 19.4. The van der Waals surface area contributed by atoms with E-state index in [0.717, 1.165) is 48.1 Å². The molecule has 1 aliphatic carbocycles. The molecule has 28 heavy (non-hydrogen) atoms. The number of hydrogen-bond donors (Lipinski definition) is 2. The Kier molecular flexibility index (Phi) is 5.26. The minimum atomic E-state index is -0.444. The number of nitrogens with zero attached hydrogens (tertiary/aromatic N) is 2. The van der Waals surface area contributed by atoms with Gasteiger partial charge in [0.25, 0.3) is 5.91 Å². The molecule has 1 heterocycles. The van der Waals surface area contributed by atoms with Gasteiger partial charge in [-0.15, -0.1) is 0 Å². The van der Waals surface area contributed by atoms with Crippen LogP contribution in [0.2, 0.25) is 0 Å². The number of carbonyl (C=O) groups excluding carboxylic acids is 1. The van der Waals surface area contributed by atoms with Crippen molar-refractivity contribution in [1.29, 1.82) is 0 Å². The van der Waals surface area contributed by atoms with E-state index in [1.807, 2.05) is 72.5 Å². The van der Waals surface area contributed by atoms with Crippen molar-refractivity contribution < 1.29 is 9.90 Å². The molecule has 1 amide bonds. The van der Waals surface area contributed by atoms with Gasteiger partial charge in [0, 0.05) is 29.9 Å². The molecule has 4 rings (SSSR count). The molecule has 1 aliphatic rings. The zero-order chi connectivity index (χ0) is 19.5. The Hall–Kier alpha value is -2.92. The number of hydrogen-bond acceptors (Lipinski definition) is 3. The number of amides is 1. The Labute approximate surface area is 165 Å². The maximum absolute atomic E-state index is 12.6. The predicted molar refractivity (Wildman–Crippen MR) is 110 cm³/mol. The second-order valence-corrected chi connectivity index (χ2v) is 7.44. The summed E-state index contributed by atoms with van der Waals surface area (Å²) in [5.41, 5.74) is 4.63. The van der Waals surface area contributed by atoms with E-state index in [1.165, 1.54) is 0 Å². The minimum absolute atomic E-state index is 0.132. The largest absolute Gasteiger partial charge is 0.391 e. The summed E-state index contributed by atoms with van der Waals surface area (Å²) < 4.78 is 1.81. The quantitative estimate of drug-likeness (QED) is 0.729. The van der Waals surface area contributed by atoms with Gasteiger partial charge in [0.1, 0.15) is 5.69 Å². The molecule has 0 spiro atoms. The molecular weight excluding hydrogens is 350 g/mol. The monoisotopic (exact) mass is 375 g/mol. The first-order valence-corrected chi connectivity index (χ1v) is 9.80. The van der Waals surface area contributed by atoms with Crippen LogP contribution in [0.4, 0.5) is 0 Å². The molecule has 0 saturated heterocycles. The molecule has 1 saturated carbocycles. The standard InChI is InChI=1S/C23H25N3O2/c1-26-15-19(22(25-26)17-7-3-2-4-8-17)16-11-13-18(14-12-16)23(28)24-20-9-5-6-10-21(20)27/h2-4,7-8,11-15,20-21,27H,5-6,9-10H2,1H3,(H,24,28). The van der Waals surface area contributed by atoms with Crippen molar-refractivity contribution in [2.75, 3.05) is 0 Å². The van der Waals surface area contributed by atoms with E-state index in [0.29, 0.717) is 5.56 Å². The zero-order valence-electron chi connectivity index (χ0n) is 16.0. The molecule has 5 heteroatoms. The van der Waals surface area contributed by atoms with Crippen LogP contribution in [0.25, 0.3) is 22.4 Å². The van der Waals surface area contributed by atoms with Crippen LogP contribution in [-0.2, 0) is 7.05 Å². The molecule has 5 nitrogen and oxygen atoms in total. The fraction of sp³-hybridized carbons (Fsp3) is 0.304. The Morgan fingerprint density at radius 3 is 2.46 bits per heavy atom. The maximum Gasteiger partial charge on any atom is 0.251 e. The molecule has 144 valence electrons. The number of nitrogens with one attached hydrogen (secondary N) is 1. The lowest BCUT2D eigenvalue weighted by molar-refractivity contribution is 0.0717.